The van der Waals surface area contributed by atoms with Crippen molar-refractivity contribution in [3.8, 4) is 0 Å². The zero-order valence-corrected chi connectivity index (χ0v) is 9.34. The monoisotopic (exact) mass is 199 g/mol. The van der Waals surface area contributed by atoms with Crippen LogP contribution in [0.25, 0.3) is 0 Å². The van der Waals surface area contributed by atoms with Crippen LogP contribution in [0.2, 0.25) is 0 Å². The predicted molar refractivity (Wildman–Crippen MR) is 57.3 cm³/mol. The highest BCUT2D eigenvalue weighted by Gasteiger charge is 2.24. The second-order valence-corrected chi connectivity index (χ2v) is 4.51. The van der Waals surface area contributed by atoms with Gasteiger partial charge in [0.15, 0.2) is 0 Å². The van der Waals surface area contributed by atoms with Gasteiger partial charge < -0.3 is 15.2 Å². The Morgan fingerprint density at radius 2 is 2.36 bits per heavy atom. The second-order valence-electron chi connectivity index (χ2n) is 4.51. The van der Waals surface area contributed by atoms with Gasteiger partial charge in [-0.15, -0.1) is 0 Å². The summed E-state index contributed by atoms with van der Waals surface area (Å²) in [6.45, 7) is 8.21. The Labute approximate surface area is 86.2 Å². The van der Waals surface area contributed by atoms with E-state index in [0.717, 1.165) is 18.7 Å². The minimum atomic E-state index is -0.725. The molecule has 0 saturated carbocycles. The van der Waals surface area contributed by atoms with Gasteiger partial charge in [0.25, 0.3) is 0 Å². The third-order valence-corrected chi connectivity index (χ3v) is 2.26. The van der Waals surface area contributed by atoms with E-state index in [1.807, 2.05) is 26.8 Å². The molecular formula is C11H21NO2. The molecule has 1 saturated heterocycles. The number of hydrogen-bond donors (Lipinski definition) is 2. The van der Waals surface area contributed by atoms with E-state index in [1.54, 1.807) is 0 Å². The Bertz CT molecular complexity index is 201. The van der Waals surface area contributed by atoms with Crippen molar-refractivity contribution in [3.63, 3.8) is 0 Å². The van der Waals surface area contributed by atoms with Crippen LogP contribution < -0.4 is 5.32 Å². The first kappa shape index (κ1) is 11.7. The van der Waals surface area contributed by atoms with E-state index < -0.39 is 5.60 Å². The summed E-state index contributed by atoms with van der Waals surface area (Å²) in [5.74, 6) is 0. The molecule has 0 radical (unpaired) electrons. The minimum absolute atomic E-state index is 0.273. The van der Waals surface area contributed by atoms with Crippen LogP contribution in [0.15, 0.2) is 11.6 Å². The van der Waals surface area contributed by atoms with E-state index in [2.05, 4.69) is 5.32 Å². The molecule has 82 valence electrons. The summed E-state index contributed by atoms with van der Waals surface area (Å²) in [5.41, 5.74) is 0.420. The highest BCUT2D eigenvalue weighted by molar-refractivity contribution is 5.06. The first-order valence-electron chi connectivity index (χ1n) is 5.19. The van der Waals surface area contributed by atoms with E-state index in [0.29, 0.717) is 13.0 Å². The van der Waals surface area contributed by atoms with E-state index in [1.165, 1.54) is 0 Å². The quantitative estimate of drug-likeness (QED) is 0.668. The summed E-state index contributed by atoms with van der Waals surface area (Å²) < 4.78 is 5.34. The molecule has 1 heterocycles. The minimum Gasteiger partial charge on any atom is -0.386 e. The third kappa shape index (κ3) is 4.22. The van der Waals surface area contributed by atoms with Crippen LogP contribution in [0.1, 0.15) is 27.2 Å². The lowest BCUT2D eigenvalue weighted by Gasteiger charge is -2.30. The molecule has 0 aromatic rings. The SMILES string of the molecule is CC(C)=CC(C)(O)CC1COCCN1. The molecule has 3 heteroatoms. The summed E-state index contributed by atoms with van der Waals surface area (Å²) >= 11 is 0. The summed E-state index contributed by atoms with van der Waals surface area (Å²) in [5, 5.41) is 13.4. The maximum Gasteiger partial charge on any atom is 0.0817 e. The van der Waals surface area contributed by atoms with Gasteiger partial charge in [-0.2, -0.15) is 0 Å². The Morgan fingerprint density at radius 3 is 2.86 bits per heavy atom. The largest absolute Gasteiger partial charge is 0.386 e. The van der Waals surface area contributed by atoms with Gasteiger partial charge in [-0.1, -0.05) is 11.6 Å². The standard InChI is InChI=1S/C11H21NO2/c1-9(2)6-11(3,13)7-10-8-14-5-4-12-10/h6,10,12-13H,4-5,7-8H2,1-3H3. The number of nitrogens with one attached hydrogen (secondary N) is 1. The van der Waals surface area contributed by atoms with Crippen molar-refractivity contribution in [1.82, 2.24) is 5.32 Å². The molecule has 2 atom stereocenters. The summed E-state index contributed by atoms with van der Waals surface area (Å²) in [7, 11) is 0. The van der Waals surface area contributed by atoms with Gasteiger partial charge in [0, 0.05) is 12.6 Å². The number of ether oxygens (including phenoxy) is 1. The van der Waals surface area contributed by atoms with E-state index >= 15 is 0 Å². The molecule has 0 bridgehead atoms. The Kier molecular flexibility index (Phi) is 4.11. The van der Waals surface area contributed by atoms with Crippen LogP contribution in [0.5, 0.6) is 0 Å². The van der Waals surface area contributed by atoms with Gasteiger partial charge in [-0.25, -0.2) is 0 Å². The first-order valence-corrected chi connectivity index (χ1v) is 5.19. The van der Waals surface area contributed by atoms with E-state index in [-0.39, 0.29) is 6.04 Å². The molecule has 0 spiro atoms. The fourth-order valence-electron chi connectivity index (χ4n) is 1.93. The average molecular weight is 199 g/mol. The predicted octanol–water partition coefficient (Wildman–Crippen LogP) is 1.08. The number of hydrogen-bond acceptors (Lipinski definition) is 3. The topological polar surface area (TPSA) is 41.5 Å². The van der Waals surface area contributed by atoms with Crippen molar-refractivity contribution in [3.05, 3.63) is 11.6 Å². The van der Waals surface area contributed by atoms with Gasteiger partial charge in [0.1, 0.15) is 0 Å². The van der Waals surface area contributed by atoms with Crippen LogP contribution in [-0.2, 0) is 4.74 Å². The van der Waals surface area contributed by atoms with Gasteiger partial charge in [-0.05, 0) is 27.2 Å². The summed E-state index contributed by atoms with van der Waals surface area (Å²) in [4.78, 5) is 0. The Balaban J connectivity index is 2.44. The number of aliphatic hydroxyl groups is 1. The highest BCUT2D eigenvalue weighted by Crippen LogP contribution is 2.17. The second kappa shape index (κ2) is 4.91. The molecule has 1 aliphatic rings. The summed E-state index contributed by atoms with van der Waals surface area (Å²) in [6, 6.07) is 0.273. The molecule has 0 aliphatic carbocycles. The number of rotatable bonds is 3. The van der Waals surface area contributed by atoms with Gasteiger partial charge in [0.2, 0.25) is 0 Å². The van der Waals surface area contributed by atoms with Crippen LogP contribution in [0, 0.1) is 0 Å². The fraction of sp³-hybridized carbons (Fsp3) is 0.818. The van der Waals surface area contributed by atoms with Crippen LogP contribution >= 0.6 is 0 Å². The van der Waals surface area contributed by atoms with E-state index in [9.17, 15) is 5.11 Å². The van der Waals surface area contributed by atoms with Crippen LogP contribution in [0.3, 0.4) is 0 Å². The molecule has 0 aromatic heterocycles. The Morgan fingerprint density at radius 1 is 1.64 bits per heavy atom. The van der Waals surface area contributed by atoms with E-state index in [4.69, 9.17) is 4.74 Å². The lowest BCUT2D eigenvalue weighted by atomic mass is 9.94. The molecular weight excluding hydrogens is 178 g/mol. The smallest absolute Gasteiger partial charge is 0.0817 e. The molecule has 1 aliphatic heterocycles. The third-order valence-electron chi connectivity index (χ3n) is 2.26. The molecule has 2 unspecified atom stereocenters. The maximum absolute atomic E-state index is 10.1. The maximum atomic E-state index is 10.1. The Hall–Kier alpha value is -0.380. The fourth-order valence-corrected chi connectivity index (χ4v) is 1.93. The van der Waals surface area contributed by atoms with Crippen LogP contribution in [0.4, 0.5) is 0 Å². The van der Waals surface area contributed by atoms with Crippen LogP contribution in [-0.4, -0.2) is 36.5 Å². The van der Waals surface area contributed by atoms with Gasteiger partial charge >= 0.3 is 0 Å². The molecule has 0 aromatic carbocycles. The zero-order chi connectivity index (χ0) is 10.6. The number of allylic oxidation sites excluding steroid dienone is 1. The van der Waals surface area contributed by atoms with Gasteiger partial charge in [-0.3, -0.25) is 0 Å². The van der Waals surface area contributed by atoms with Crippen molar-refractivity contribution >= 4 is 0 Å². The molecule has 0 amide bonds. The zero-order valence-electron chi connectivity index (χ0n) is 9.34. The lowest BCUT2D eigenvalue weighted by molar-refractivity contribution is 0.0317. The van der Waals surface area contributed by atoms with Crippen molar-refractivity contribution in [2.45, 2.75) is 38.8 Å². The molecule has 1 rings (SSSR count). The van der Waals surface area contributed by atoms with Gasteiger partial charge in [0.05, 0.1) is 18.8 Å². The van der Waals surface area contributed by atoms with Crippen molar-refractivity contribution in [2.75, 3.05) is 19.8 Å². The lowest BCUT2D eigenvalue weighted by Crippen LogP contribution is -2.45. The normalized spacial score (nSPS) is 26.7. The van der Waals surface area contributed by atoms with Crippen molar-refractivity contribution < 1.29 is 9.84 Å². The van der Waals surface area contributed by atoms with Crippen molar-refractivity contribution in [1.29, 1.82) is 0 Å². The molecule has 1 fully saturated rings. The summed E-state index contributed by atoms with van der Waals surface area (Å²) in [6.07, 6.45) is 2.61. The molecule has 14 heavy (non-hydrogen) atoms. The van der Waals surface area contributed by atoms with Crippen molar-refractivity contribution in [2.24, 2.45) is 0 Å². The number of morpholine rings is 1. The molecule has 3 nitrogen and oxygen atoms in total. The average Bonchev–Trinajstić information content (AvgIpc) is 2.02. The highest BCUT2D eigenvalue weighted by atomic mass is 16.5. The molecule has 2 N–H and O–H groups in total. The first-order chi connectivity index (χ1) is 6.49.